The van der Waals surface area contributed by atoms with Crippen LogP contribution in [0.1, 0.15) is 18.9 Å². The highest BCUT2D eigenvalue weighted by atomic mass is 15.2. The molecule has 1 atom stereocenters. The van der Waals surface area contributed by atoms with Crippen LogP contribution in [0, 0.1) is 0 Å². The van der Waals surface area contributed by atoms with Crippen LogP contribution >= 0.6 is 0 Å². The molecule has 4 aromatic rings. The van der Waals surface area contributed by atoms with Crippen molar-refractivity contribution < 1.29 is 0 Å². The molecule has 3 heteroatoms. The summed E-state index contributed by atoms with van der Waals surface area (Å²) in [6, 6.07) is 31.9. The van der Waals surface area contributed by atoms with Crippen LogP contribution in [0.2, 0.25) is 0 Å². The molecule has 3 aromatic carbocycles. The molecule has 4 rings (SSSR count). The fourth-order valence-corrected chi connectivity index (χ4v) is 4.36. The van der Waals surface area contributed by atoms with Crippen LogP contribution in [0.25, 0.3) is 22.5 Å². The maximum Gasteiger partial charge on any atom is 0.0963 e. The first-order valence-electron chi connectivity index (χ1n) is 10.5. The molecule has 0 bridgehead atoms. The second-order valence-electron chi connectivity index (χ2n) is 7.95. The molecule has 0 saturated carbocycles. The van der Waals surface area contributed by atoms with E-state index in [-0.39, 0.29) is 5.54 Å². The van der Waals surface area contributed by atoms with Gasteiger partial charge >= 0.3 is 0 Å². The summed E-state index contributed by atoms with van der Waals surface area (Å²) in [5.41, 5.74) is 5.72. The Kier molecular flexibility index (Phi) is 5.82. The maximum atomic E-state index is 4.88. The van der Waals surface area contributed by atoms with Crippen LogP contribution in [0.15, 0.2) is 97.3 Å². The lowest BCUT2D eigenvalue weighted by molar-refractivity contribution is 0.121. The number of aromatic nitrogens is 2. The zero-order valence-corrected chi connectivity index (χ0v) is 18.0. The number of rotatable bonds is 7. The summed E-state index contributed by atoms with van der Waals surface area (Å²) < 4.78 is 2.33. The molecule has 0 aliphatic carbocycles. The predicted octanol–water partition coefficient (Wildman–Crippen LogP) is 6.08. The minimum Gasteiger partial charge on any atom is -0.328 e. The molecule has 1 aromatic heterocycles. The maximum absolute atomic E-state index is 4.88. The highest BCUT2D eigenvalue weighted by Gasteiger charge is 2.34. The third-order valence-electron chi connectivity index (χ3n) is 6.12. The molecule has 0 spiro atoms. The van der Waals surface area contributed by atoms with Crippen molar-refractivity contribution in [3.63, 3.8) is 0 Å². The van der Waals surface area contributed by atoms with Crippen molar-refractivity contribution in [2.75, 3.05) is 14.1 Å². The second-order valence-corrected chi connectivity index (χ2v) is 7.95. The molecule has 0 N–H and O–H groups in total. The molecule has 1 unspecified atom stereocenters. The van der Waals surface area contributed by atoms with Gasteiger partial charge in [-0.05, 0) is 26.1 Å². The van der Waals surface area contributed by atoms with Gasteiger partial charge < -0.3 is 4.57 Å². The van der Waals surface area contributed by atoms with Crippen molar-refractivity contribution in [3.05, 3.63) is 103 Å². The summed E-state index contributed by atoms with van der Waals surface area (Å²) >= 11 is 0. The molecule has 1 heterocycles. The molecule has 0 amide bonds. The zero-order valence-electron chi connectivity index (χ0n) is 18.0. The average Bonchev–Trinajstić information content (AvgIpc) is 3.22. The minimum absolute atomic E-state index is 0.126. The number of hydrogen-bond acceptors (Lipinski definition) is 2. The Hall–Kier alpha value is -3.17. The Bertz CT molecular complexity index is 1070. The van der Waals surface area contributed by atoms with E-state index in [9.17, 15) is 0 Å². The molecule has 152 valence electrons. The van der Waals surface area contributed by atoms with Crippen molar-refractivity contribution in [2.45, 2.75) is 25.4 Å². The Morgan fingerprint density at radius 2 is 1.30 bits per heavy atom. The lowest BCUT2D eigenvalue weighted by atomic mass is 9.85. The number of benzene rings is 3. The largest absolute Gasteiger partial charge is 0.328 e. The van der Waals surface area contributed by atoms with Crippen LogP contribution in [-0.4, -0.2) is 28.5 Å². The summed E-state index contributed by atoms with van der Waals surface area (Å²) in [6.45, 7) is 3.09. The Labute approximate surface area is 179 Å². The van der Waals surface area contributed by atoms with Crippen LogP contribution in [-0.2, 0) is 12.1 Å². The van der Waals surface area contributed by atoms with Crippen molar-refractivity contribution in [1.82, 2.24) is 14.5 Å². The summed E-state index contributed by atoms with van der Waals surface area (Å²) in [5, 5.41) is 0. The number of hydrogen-bond donors (Lipinski definition) is 0. The van der Waals surface area contributed by atoms with Gasteiger partial charge in [0.2, 0.25) is 0 Å². The smallest absolute Gasteiger partial charge is 0.0963 e. The molecule has 30 heavy (non-hydrogen) atoms. The Morgan fingerprint density at radius 1 is 0.767 bits per heavy atom. The molecule has 0 saturated heterocycles. The molecule has 0 aliphatic heterocycles. The summed E-state index contributed by atoms with van der Waals surface area (Å²) in [4.78, 5) is 7.23. The van der Waals surface area contributed by atoms with E-state index >= 15 is 0 Å². The van der Waals surface area contributed by atoms with Gasteiger partial charge in [-0.25, -0.2) is 4.98 Å². The Balaban J connectivity index is 1.87. The Morgan fingerprint density at radius 3 is 1.83 bits per heavy atom. The van der Waals surface area contributed by atoms with E-state index < -0.39 is 0 Å². The van der Waals surface area contributed by atoms with Crippen molar-refractivity contribution in [2.24, 2.45) is 0 Å². The van der Waals surface area contributed by atoms with Crippen molar-refractivity contribution in [3.8, 4) is 22.5 Å². The summed E-state index contributed by atoms with van der Waals surface area (Å²) in [5.74, 6) is 0. The van der Waals surface area contributed by atoms with Gasteiger partial charge in [-0.2, -0.15) is 0 Å². The zero-order chi connectivity index (χ0) is 21.0. The average molecular weight is 396 g/mol. The molecule has 0 fully saturated rings. The first-order chi connectivity index (χ1) is 14.7. The van der Waals surface area contributed by atoms with Crippen LogP contribution in [0.5, 0.6) is 0 Å². The normalized spacial score (nSPS) is 13.3. The van der Waals surface area contributed by atoms with Gasteiger partial charge in [0.1, 0.15) is 0 Å². The van der Waals surface area contributed by atoms with E-state index in [1.165, 1.54) is 11.1 Å². The summed E-state index contributed by atoms with van der Waals surface area (Å²) in [6.07, 6.45) is 3.00. The highest BCUT2D eigenvalue weighted by molar-refractivity contribution is 5.78. The quantitative estimate of drug-likeness (QED) is 0.378. The van der Waals surface area contributed by atoms with Gasteiger partial charge in [0.25, 0.3) is 0 Å². The van der Waals surface area contributed by atoms with Crippen LogP contribution in [0.4, 0.5) is 0 Å². The van der Waals surface area contributed by atoms with Crippen LogP contribution in [0.3, 0.4) is 0 Å². The number of imidazole rings is 1. The second kappa shape index (κ2) is 8.68. The fraction of sp³-hybridized carbons (Fsp3) is 0.222. The molecule has 0 aliphatic rings. The van der Waals surface area contributed by atoms with Crippen molar-refractivity contribution in [1.29, 1.82) is 0 Å². The molecular weight excluding hydrogens is 366 g/mol. The van der Waals surface area contributed by atoms with Gasteiger partial charge in [0.15, 0.2) is 0 Å². The van der Waals surface area contributed by atoms with E-state index in [0.29, 0.717) is 0 Å². The van der Waals surface area contributed by atoms with E-state index in [4.69, 9.17) is 4.98 Å². The van der Waals surface area contributed by atoms with E-state index in [0.717, 1.165) is 29.9 Å². The first-order valence-corrected chi connectivity index (χ1v) is 10.5. The predicted molar refractivity (Wildman–Crippen MR) is 125 cm³/mol. The highest BCUT2D eigenvalue weighted by Crippen LogP contribution is 2.37. The van der Waals surface area contributed by atoms with E-state index in [2.05, 4.69) is 115 Å². The third kappa shape index (κ3) is 3.69. The minimum atomic E-state index is -0.126. The SMILES string of the molecule is CCC(Cn1cnc(-c2ccccc2)c1-c1ccccc1)(c1ccccc1)N(C)C. The van der Waals surface area contributed by atoms with Gasteiger partial charge in [0, 0.05) is 17.7 Å². The van der Waals surface area contributed by atoms with Gasteiger partial charge in [0.05, 0.1) is 23.3 Å². The monoisotopic (exact) mass is 395 g/mol. The fourth-order valence-electron chi connectivity index (χ4n) is 4.36. The molecule has 0 radical (unpaired) electrons. The van der Waals surface area contributed by atoms with Gasteiger partial charge in [-0.1, -0.05) is 97.9 Å². The first kappa shape index (κ1) is 20.1. The lowest BCUT2D eigenvalue weighted by Gasteiger charge is -2.40. The topological polar surface area (TPSA) is 21.1 Å². The van der Waals surface area contributed by atoms with Crippen LogP contribution < -0.4 is 0 Å². The molecular formula is C27H29N3. The number of nitrogens with zero attached hydrogens (tertiary/aromatic N) is 3. The number of likely N-dealkylation sites (N-methyl/N-ethyl adjacent to an activating group) is 1. The van der Waals surface area contributed by atoms with Crippen molar-refractivity contribution >= 4 is 0 Å². The van der Waals surface area contributed by atoms with Gasteiger partial charge in [-0.3, -0.25) is 4.90 Å². The molecule has 3 nitrogen and oxygen atoms in total. The third-order valence-corrected chi connectivity index (χ3v) is 6.12. The van der Waals surface area contributed by atoms with E-state index in [1.54, 1.807) is 0 Å². The van der Waals surface area contributed by atoms with E-state index in [1.807, 2.05) is 12.4 Å². The lowest BCUT2D eigenvalue weighted by Crippen LogP contribution is -2.44. The summed E-state index contributed by atoms with van der Waals surface area (Å²) in [7, 11) is 4.35. The standard InChI is InChI=1S/C27H29N3/c1-4-27(29(2)3,24-18-12-7-13-19-24)20-30-21-28-25(22-14-8-5-9-15-22)26(30)23-16-10-6-11-17-23/h5-19,21H,4,20H2,1-3H3. The van der Waals surface area contributed by atoms with Gasteiger partial charge in [-0.15, -0.1) is 0 Å².